The summed E-state index contributed by atoms with van der Waals surface area (Å²) in [5, 5.41) is 0. The van der Waals surface area contributed by atoms with E-state index in [-0.39, 0.29) is 5.56 Å². The first-order chi connectivity index (χ1) is 8.18. The third-order valence-electron chi connectivity index (χ3n) is 2.33. The minimum atomic E-state index is -0.949. The van der Waals surface area contributed by atoms with E-state index in [4.69, 9.17) is 5.73 Å². The number of carbonyl (C=O) groups excluding carboxylic acids is 2. The van der Waals surface area contributed by atoms with Crippen LogP contribution in [0.4, 0.5) is 0 Å². The van der Waals surface area contributed by atoms with Gasteiger partial charge in [0.2, 0.25) is 5.78 Å². The first-order valence-corrected chi connectivity index (χ1v) is 5.04. The molecule has 0 saturated carbocycles. The van der Waals surface area contributed by atoms with E-state index in [2.05, 4.69) is 4.98 Å². The second-order valence-corrected chi connectivity index (χ2v) is 3.49. The predicted octanol–water partition coefficient (Wildman–Crippen LogP) is 1.42. The van der Waals surface area contributed by atoms with Crippen LogP contribution in [-0.4, -0.2) is 16.7 Å². The number of pyridine rings is 1. The summed E-state index contributed by atoms with van der Waals surface area (Å²) >= 11 is 0. The molecule has 17 heavy (non-hydrogen) atoms. The van der Waals surface area contributed by atoms with E-state index in [0.29, 0.717) is 0 Å². The zero-order valence-corrected chi connectivity index (χ0v) is 8.96. The molecule has 4 nitrogen and oxygen atoms in total. The Morgan fingerprint density at radius 2 is 1.71 bits per heavy atom. The van der Waals surface area contributed by atoms with E-state index in [1.54, 1.807) is 30.5 Å². The molecule has 0 aliphatic rings. The van der Waals surface area contributed by atoms with Gasteiger partial charge in [-0.05, 0) is 12.1 Å². The number of hydrogen-bond acceptors (Lipinski definition) is 3. The zero-order chi connectivity index (χ0) is 12.3. The maximum atomic E-state index is 11.3. The molecule has 0 aliphatic carbocycles. The number of Topliss-reactive ketones (excluding diaryl/α,β-unsaturated/α-hetero) is 1. The van der Waals surface area contributed by atoms with Crippen LogP contribution in [0.3, 0.4) is 0 Å². The van der Waals surface area contributed by atoms with Crippen molar-refractivity contribution in [3.63, 3.8) is 0 Å². The molecule has 1 heterocycles. The van der Waals surface area contributed by atoms with Gasteiger partial charge in [0, 0.05) is 17.3 Å². The summed E-state index contributed by atoms with van der Waals surface area (Å²) in [6.07, 6.45) is 1.69. The van der Waals surface area contributed by atoms with Crippen LogP contribution in [0.5, 0.6) is 0 Å². The molecular formula is C13H10N2O2. The third-order valence-corrected chi connectivity index (χ3v) is 2.33. The number of hydrogen-bond donors (Lipinski definition) is 1. The Bertz CT molecular complexity index is 547. The number of amides is 1. The van der Waals surface area contributed by atoms with Crippen molar-refractivity contribution in [3.05, 3.63) is 54.2 Å². The van der Waals surface area contributed by atoms with E-state index >= 15 is 0 Å². The molecular weight excluding hydrogens is 216 g/mol. The van der Waals surface area contributed by atoms with E-state index in [1.807, 2.05) is 18.2 Å². The maximum absolute atomic E-state index is 11.3. The Morgan fingerprint density at radius 3 is 2.24 bits per heavy atom. The lowest BCUT2D eigenvalue weighted by atomic mass is 10.1. The fourth-order valence-corrected chi connectivity index (χ4v) is 1.47. The Balaban J connectivity index is 2.31. The highest BCUT2D eigenvalue weighted by Crippen LogP contribution is 2.16. The minimum Gasteiger partial charge on any atom is -0.363 e. The molecule has 2 N–H and O–H groups in total. The molecule has 0 bridgehead atoms. The molecule has 1 aromatic carbocycles. The summed E-state index contributed by atoms with van der Waals surface area (Å²) in [6, 6.07) is 12.2. The quantitative estimate of drug-likeness (QED) is 0.635. The monoisotopic (exact) mass is 226 g/mol. The van der Waals surface area contributed by atoms with Crippen LogP contribution in [0.25, 0.3) is 11.3 Å². The number of nitrogens with zero attached hydrogens (tertiary/aromatic N) is 1. The smallest absolute Gasteiger partial charge is 0.289 e. The maximum Gasteiger partial charge on any atom is 0.289 e. The largest absolute Gasteiger partial charge is 0.363 e. The lowest BCUT2D eigenvalue weighted by Crippen LogP contribution is -2.22. The molecule has 0 unspecified atom stereocenters. The molecule has 84 valence electrons. The number of nitrogens with two attached hydrogens (primary N) is 1. The van der Waals surface area contributed by atoms with Crippen molar-refractivity contribution in [2.24, 2.45) is 5.73 Å². The first kappa shape index (κ1) is 11.0. The second-order valence-electron chi connectivity index (χ2n) is 3.49. The van der Waals surface area contributed by atoms with Gasteiger partial charge in [0.25, 0.3) is 5.91 Å². The van der Waals surface area contributed by atoms with Gasteiger partial charge in [0.15, 0.2) is 0 Å². The zero-order valence-electron chi connectivity index (χ0n) is 8.96. The van der Waals surface area contributed by atoms with Crippen LogP contribution in [0, 0.1) is 0 Å². The number of benzene rings is 1. The lowest BCUT2D eigenvalue weighted by Gasteiger charge is -2.01. The van der Waals surface area contributed by atoms with Crippen molar-refractivity contribution in [2.45, 2.75) is 0 Å². The van der Waals surface area contributed by atoms with Crippen molar-refractivity contribution in [2.75, 3.05) is 0 Å². The van der Waals surface area contributed by atoms with Gasteiger partial charge < -0.3 is 5.73 Å². The fraction of sp³-hybridized carbons (Fsp3) is 0. The Hall–Kier alpha value is -2.49. The average Bonchev–Trinajstić information content (AvgIpc) is 2.39. The summed E-state index contributed by atoms with van der Waals surface area (Å²) < 4.78 is 0. The molecule has 0 fully saturated rings. The van der Waals surface area contributed by atoms with Gasteiger partial charge in [-0.15, -0.1) is 0 Å². The predicted molar refractivity (Wildman–Crippen MR) is 63.2 cm³/mol. The lowest BCUT2D eigenvalue weighted by molar-refractivity contribution is -0.114. The van der Waals surface area contributed by atoms with Gasteiger partial charge in [-0.25, -0.2) is 0 Å². The van der Waals surface area contributed by atoms with Crippen LogP contribution in [0.2, 0.25) is 0 Å². The normalized spacial score (nSPS) is 9.88. The van der Waals surface area contributed by atoms with Gasteiger partial charge in [0.05, 0.1) is 5.69 Å². The second kappa shape index (κ2) is 4.57. The van der Waals surface area contributed by atoms with Crippen molar-refractivity contribution < 1.29 is 9.59 Å². The number of rotatable bonds is 3. The van der Waals surface area contributed by atoms with Crippen LogP contribution >= 0.6 is 0 Å². The minimum absolute atomic E-state index is 0.289. The Kier molecular flexibility index (Phi) is 2.96. The SMILES string of the molecule is NC(=O)C(=O)c1ccc(-c2ccccn2)cc1. The molecule has 1 amide bonds. The topological polar surface area (TPSA) is 73.1 Å². The summed E-state index contributed by atoms with van der Waals surface area (Å²) in [7, 11) is 0. The van der Waals surface area contributed by atoms with Gasteiger partial charge in [-0.2, -0.15) is 0 Å². The Morgan fingerprint density at radius 1 is 1.00 bits per heavy atom. The van der Waals surface area contributed by atoms with Gasteiger partial charge in [0.1, 0.15) is 0 Å². The summed E-state index contributed by atoms with van der Waals surface area (Å²) in [6.45, 7) is 0. The van der Waals surface area contributed by atoms with Crippen molar-refractivity contribution in [3.8, 4) is 11.3 Å². The van der Waals surface area contributed by atoms with Gasteiger partial charge in [-0.1, -0.05) is 30.3 Å². The van der Waals surface area contributed by atoms with E-state index in [1.165, 1.54) is 0 Å². The number of aromatic nitrogens is 1. The van der Waals surface area contributed by atoms with Gasteiger partial charge >= 0.3 is 0 Å². The van der Waals surface area contributed by atoms with Crippen LogP contribution in [-0.2, 0) is 4.79 Å². The van der Waals surface area contributed by atoms with Crippen LogP contribution in [0.1, 0.15) is 10.4 Å². The molecule has 1 aromatic heterocycles. The number of carbonyl (C=O) groups is 2. The number of primary amides is 1. The first-order valence-electron chi connectivity index (χ1n) is 5.04. The van der Waals surface area contributed by atoms with E-state index in [9.17, 15) is 9.59 Å². The average molecular weight is 226 g/mol. The van der Waals surface area contributed by atoms with Crippen LogP contribution in [0.15, 0.2) is 48.7 Å². The van der Waals surface area contributed by atoms with E-state index in [0.717, 1.165) is 11.3 Å². The third kappa shape index (κ3) is 2.36. The standard InChI is InChI=1S/C13H10N2O2/c14-13(17)12(16)10-6-4-9(5-7-10)11-3-1-2-8-15-11/h1-8H,(H2,14,17). The summed E-state index contributed by atoms with van der Waals surface area (Å²) in [4.78, 5) is 26.2. The van der Waals surface area contributed by atoms with E-state index < -0.39 is 11.7 Å². The van der Waals surface area contributed by atoms with Crippen molar-refractivity contribution >= 4 is 11.7 Å². The van der Waals surface area contributed by atoms with Crippen molar-refractivity contribution in [1.29, 1.82) is 0 Å². The Labute approximate surface area is 98.1 Å². The highest BCUT2D eigenvalue weighted by molar-refractivity contribution is 6.42. The van der Waals surface area contributed by atoms with Gasteiger partial charge in [-0.3, -0.25) is 14.6 Å². The molecule has 0 aliphatic heterocycles. The summed E-state index contributed by atoms with van der Waals surface area (Å²) in [5.41, 5.74) is 6.90. The number of ketones is 1. The van der Waals surface area contributed by atoms with Crippen molar-refractivity contribution in [1.82, 2.24) is 4.98 Å². The summed E-state index contributed by atoms with van der Waals surface area (Å²) in [5.74, 6) is -1.63. The molecule has 0 atom stereocenters. The highest BCUT2D eigenvalue weighted by atomic mass is 16.2. The molecule has 4 heteroatoms. The molecule has 2 rings (SSSR count). The molecule has 0 radical (unpaired) electrons. The molecule has 2 aromatic rings. The molecule has 0 saturated heterocycles. The fourth-order valence-electron chi connectivity index (χ4n) is 1.47. The van der Waals surface area contributed by atoms with Crippen LogP contribution < -0.4 is 5.73 Å². The molecule has 0 spiro atoms. The highest BCUT2D eigenvalue weighted by Gasteiger charge is 2.11.